The van der Waals surface area contributed by atoms with Crippen LogP contribution < -0.4 is 0 Å². The summed E-state index contributed by atoms with van der Waals surface area (Å²) in [6, 6.07) is 0. The summed E-state index contributed by atoms with van der Waals surface area (Å²) in [6.07, 6.45) is 0. The predicted octanol–water partition coefficient (Wildman–Crippen LogP) is 5.24. The Balaban J connectivity index is -0.0000000453. The number of hydrogen-bond donors (Lipinski definition) is 0. The van der Waals surface area contributed by atoms with Crippen LogP contribution in [-0.2, 0) is 25.3 Å². The van der Waals surface area contributed by atoms with Gasteiger partial charge in [0.05, 0.1) is 0 Å². The van der Waals surface area contributed by atoms with E-state index >= 15 is 0 Å². The molecule has 116 valence electrons. The van der Waals surface area contributed by atoms with Crippen LogP contribution in [0.4, 0.5) is 0 Å². The van der Waals surface area contributed by atoms with E-state index in [0.717, 1.165) is 0 Å². The van der Waals surface area contributed by atoms with Gasteiger partial charge in [-0.2, -0.15) is 9.49 Å². The van der Waals surface area contributed by atoms with Crippen molar-refractivity contribution in [1.82, 2.24) is 0 Å². The summed E-state index contributed by atoms with van der Waals surface area (Å²) >= 11 is 9.65. The zero-order chi connectivity index (χ0) is 16.2. The Labute approximate surface area is 153 Å². The SMILES string of the molecule is CC(C)(C)[S-].CC(C)(C)[S-].[CH2]C(C)C.[CH2]C(C)C.[Sn+2]. The standard InChI is InChI=1S/2C4H10S.2C4H9.Sn/c2*1-4(2,3)5;2*1-4(2)3;/h2*5H,1-3H3;2*4H,1H2,2-3H3;/q;;;;+2/p-2. The topological polar surface area (TPSA) is 0 Å². The first kappa shape index (κ1) is 32.4. The zero-order valence-corrected chi connectivity index (χ0v) is 19.4. The molecular formula is C16H36S2Sn. The molecule has 4 radical (unpaired) electrons. The van der Waals surface area contributed by atoms with Gasteiger partial charge in [-0.15, -0.1) is 0 Å². The van der Waals surface area contributed by atoms with Gasteiger partial charge in [-0.05, 0) is 11.8 Å². The molecule has 0 heterocycles. The van der Waals surface area contributed by atoms with Crippen molar-refractivity contribution in [2.75, 3.05) is 0 Å². The summed E-state index contributed by atoms with van der Waals surface area (Å²) in [5.41, 5.74) is 0. The molecule has 0 N–H and O–H groups in total. The fourth-order valence-electron chi connectivity index (χ4n) is 0. The fourth-order valence-corrected chi connectivity index (χ4v) is 0. The third kappa shape index (κ3) is 2660. The molecule has 0 aromatic rings. The number of hydrogen-bond acceptors (Lipinski definition) is 2. The van der Waals surface area contributed by atoms with Crippen molar-refractivity contribution in [2.24, 2.45) is 11.8 Å². The molecule has 0 fully saturated rings. The molecule has 0 unspecified atom stereocenters. The van der Waals surface area contributed by atoms with E-state index in [1.54, 1.807) is 0 Å². The van der Waals surface area contributed by atoms with Crippen LogP contribution in [0.25, 0.3) is 0 Å². The Kier molecular flexibility index (Phi) is 30.0. The Hall–Kier alpha value is 1.50. The predicted molar refractivity (Wildman–Crippen MR) is 100 cm³/mol. The van der Waals surface area contributed by atoms with Crippen LogP contribution in [-0.4, -0.2) is 33.4 Å². The van der Waals surface area contributed by atoms with Gasteiger partial charge in [-0.25, -0.2) is 0 Å². The second-order valence-electron chi connectivity index (χ2n) is 7.01. The average Bonchev–Trinajstić information content (AvgIpc) is 1.70. The summed E-state index contributed by atoms with van der Waals surface area (Å²) in [5.74, 6) is 1.17. The van der Waals surface area contributed by atoms with Crippen molar-refractivity contribution in [3.63, 3.8) is 0 Å². The summed E-state index contributed by atoms with van der Waals surface area (Å²) in [5, 5.41) is 0. The van der Waals surface area contributed by atoms with Crippen LogP contribution >= 0.6 is 0 Å². The summed E-state index contributed by atoms with van der Waals surface area (Å²) in [4.78, 5) is 0. The van der Waals surface area contributed by atoms with E-state index in [1.165, 1.54) is 0 Å². The molecule has 0 saturated carbocycles. The molecule has 0 saturated heterocycles. The minimum Gasteiger partial charge on any atom is -0.787 e. The van der Waals surface area contributed by atoms with Crippen molar-refractivity contribution in [3.8, 4) is 0 Å². The van der Waals surface area contributed by atoms with Crippen molar-refractivity contribution in [1.29, 1.82) is 0 Å². The maximum atomic E-state index is 4.83. The summed E-state index contributed by atoms with van der Waals surface area (Å²) in [7, 11) is 0. The molecule has 0 aromatic carbocycles. The molecule has 0 bridgehead atoms. The smallest absolute Gasteiger partial charge is 0.787 e. The van der Waals surface area contributed by atoms with Gasteiger partial charge in [0.1, 0.15) is 0 Å². The summed E-state index contributed by atoms with van der Waals surface area (Å²) < 4.78 is 0.167. The Morgan fingerprint density at radius 2 is 0.632 bits per heavy atom. The quantitative estimate of drug-likeness (QED) is 0.395. The van der Waals surface area contributed by atoms with E-state index in [9.17, 15) is 0 Å². The zero-order valence-electron chi connectivity index (χ0n) is 14.9. The van der Waals surface area contributed by atoms with Gasteiger partial charge in [0.15, 0.2) is 0 Å². The molecule has 0 aromatic heterocycles. The van der Waals surface area contributed by atoms with Crippen LogP contribution in [0.5, 0.6) is 0 Å². The van der Waals surface area contributed by atoms with Gasteiger partial charge >= 0.3 is 23.9 Å². The van der Waals surface area contributed by atoms with Gasteiger partial charge in [-0.1, -0.05) is 83.1 Å². The van der Waals surface area contributed by atoms with Crippen LogP contribution in [0.15, 0.2) is 0 Å². The first-order valence-corrected chi connectivity index (χ1v) is 7.35. The van der Waals surface area contributed by atoms with Gasteiger partial charge in [-0.3, -0.25) is 0 Å². The van der Waals surface area contributed by atoms with Crippen molar-refractivity contribution in [2.45, 2.75) is 78.7 Å². The van der Waals surface area contributed by atoms with Gasteiger partial charge in [0.25, 0.3) is 0 Å². The molecule has 3 heteroatoms. The molecule has 0 nitrogen and oxygen atoms in total. The molecule has 0 atom stereocenters. The maximum Gasteiger partial charge on any atom is 2.00 e. The Morgan fingerprint density at radius 1 is 0.632 bits per heavy atom. The van der Waals surface area contributed by atoms with Gasteiger partial charge < -0.3 is 25.3 Å². The monoisotopic (exact) mass is 412 g/mol. The fraction of sp³-hybridized carbons (Fsp3) is 0.875. The minimum atomic E-state index is 0. The van der Waals surface area contributed by atoms with E-state index in [4.69, 9.17) is 25.3 Å². The van der Waals surface area contributed by atoms with Crippen molar-refractivity contribution < 1.29 is 0 Å². The first-order chi connectivity index (χ1) is 7.46. The molecule has 0 rings (SSSR count). The Bertz CT molecular complexity index is 106. The second-order valence-corrected chi connectivity index (χ2v) is 9.46. The van der Waals surface area contributed by atoms with Crippen molar-refractivity contribution in [3.05, 3.63) is 13.8 Å². The molecule has 0 aliphatic heterocycles. The molecule has 0 aliphatic carbocycles. The van der Waals surface area contributed by atoms with E-state index in [0.29, 0.717) is 11.8 Å². The van der Waals surface area contributed by atoms with Crippen LogP contribution in [0.2, 0.25) is 0 Å². The largest absolute Gasteiger partial charge is 2.00 e. The van der Waals surface area contributed by atoms with Gasteiger partial charge in [0, 0.05) is 0 Å². The number of rotatable bonds is 0. The minimum absolute atomic E-state index is 0. The Morgan fingerprint density at radius 3 is 0.632 bits per heavy atom. The van der Waals surface area contributed by atoms with Gasteiger partial charge in [0.2, 0.25) is 0 Å². The summed E-state index contributed by atoms with van der Waals surface area (Å²) in [6.45, 7) is 27.5. The van der Waals surface area contributed by atoms with E-state index in [-0.39, 0.29) is 33.4 Å². The van der Waals surface area contributed by atoms with E-state index in [1.807, 2.05) is 41.5 Å². The molecular weight excluding hydrogens is 375 g/mol. The first-order valence-electron chi connectivity index (χ1n) is 6.53. The maximum absolute atomic E-state index is 4.83. The molecule has 0 aliphatic rings. The third-order valence-electron chi connectivity index (χ3n) is 0. The molecule has 19 heavy (non-hydrogen) atoms. The average molecular weight is 411 g/mol. The van der Waals surface area contributed by atoms with E-state index in [2.05, 4.69) is 41.5 Å². The van der Waals surface area contributed by atoms with Crippen LogP contribution in [0, 0.1) is 25.7 Å². The normalized spacial score (nSPS) is 10.1. The van der Waals surface area contributed by atoms with E-state index < -0.39 is 0 Å². The third-order valence-corrected chi connectivity index (χ3v) is 0. The van der Waals surface area contributed by atoms with Crippen LogP contribution in [0.3, 0.4) is 0 Å². The van der Waals surface area contributed by atoms with Crippen molar-refractivity contribution >= 4 is 49.2 Å². The second kappa shape index (κ2) is 17.5. The van der Waals surface area contributed by atoms with Crippen LogP contribution in [0.1, 0.15) is 69.2 Å². The molecule has 0 amide bonds. The molecule has 0 spiro atoms.